The molecule has 0 spiro atoms. The number of likely N-dealkylation sites (tertiary alicyclic amines) is 1. The molecule has 0 aromatic heterocycles. The number of methoxy groups -OCH3 is 1. The number of hydrogen-bond donors (Lipinski definition) is 1. The van der Waals surface area contributed by atoms with Crippen LogP contribution in [0.25, 0.3) is 0 Å². The van der Waals surface area contributed by atoms with Gasteiger partial charge in [-0.2, -0.15) is 0 Å². The normalized spacial score (nSPS) is 21.1. The maximum Gasteiger partial charge on any atom is 0.234 e. The Morgan fingerprint density at radius 1 is 1.03 bits per heavy atom. The van der Waals surface area contributed by atoms with Crippen molar-refractivity contribution in [3.63, 3.8) is 0 Å². The van der Waals surface area contributed by atoms with E-state index in [4.69, 9.17) is 4.74 Å². The zero-order valence-electron chi connectivity index (χ0n) is 20.9. The Balaban J connectivity index is 1.65. The molecule has 2 aliphatic heterocycles. The number of carbonyl (C=O) groups excluding carboxylic acids is 3. The van der Waals surface area contributed by atoms with Crippen molar-refractivity contribution in [3.05, 3.63) is 29.8 Å². The standard InChI is InChI=1S/C26H40N4O4/c1-4-6-12-27-23(31)19-28-14-16-29(17-15-28)26(33)22-18-24(32)30(13-7-5-2)25(22)20-8-10-21(34-3)11-9-20/h8-11,22,25H,4-7,12-19H2,1-3H3,(H,27,31). The molecule has 3 rings (SSSR count). The average Bonchev–Trinajstić information content (AvgIpc) is 3.18. The molecular formula is C26H40N4O4. The third-order valence-corrected chi connectivity index (χ3v) is 6.86. The van der Waals surface area contributed by atoms with Crippen LogP contribution in [0.5, 0.6) is 5.75 Å². The van der Waals surface area contributed by atoms with E-state index in [1.165, 1.54) is 0 Å². The lowest BCUT2D eigenvalue weighted by atomic mass is 9.92. The van der Waals surface area contributed by atoms with E-state index < -0.39 is 0 Å². The first-order valence-electron chi connectivity index (χ1n) is 12.7. The van der Waals surface area contributed by atoms with Crippen LogP contribution in [0.2, 0.25) is 0 Å². The third kappa shape index (κ3) is 6.50. The molecular weight excluding hydrogens is 432 g/mol. The number of piperazine rings is 1. The summed E-state index contributed by atoms with van der Waals surface area (Å²) < 4.78 is 5.29. The Kier molecular flexibility index (Phi) is 9.74. The molecule has 1 aromatic carbocycles. The number of amides is 3. The number of carbonyl (C=O) groups is 3. The highest BCUT2D eigenvalue weighted by atomic mass is 16.5. The molecule has 2 unspecified atom stereocenters. The van der Waals surface area contributed by atoms with Crippen LogP contribution in [0, 0.1) is 5.92 Å². The minimum atomic E-state index is -0.387. The van der Waals surface area contributed by atoms with Gasteiger partial charge < -0.3 is 19.9 Å². The summed E-state index contributed by atoms with van der Waals surface area (Å²) in [7, 11) is 1.63. The quantitative estimate of drug-likeness (QED) is 0.501. The number of ether oxygens (including phenoxy) is 1. The molecule has 1 aromatic rings. The number of nitrogens with one attached hydrogen (secondary N) is 1. The van der Waals surface area contributed by atoms with Crippen LogP contribution >= 0.6 is 0 Å². The van der Waals surface area contributed by atoms with Gasteiger partial charge in [-0.15, -0.1) is 0 Å². The van der Waals surface area contributed by atoms with Gasteiger partial charge in [-0.25, -0.2) is 0 Å². The average molecular weight is 473 g/mol. The number of nitrogens with zero attached hydrogens (tertiary/aromatic N) is 3. The van der Waals surface area contributed by atoms with Gasteiger partial charge in [0.1, 0.15) is 5.75 Å². The van der Waals surface area contributed by atoms with Crippen molar-refractivity contribution in [1.29, 1.82) is 0 Å². The van der Waals surface area contributed by atoms with Gasteiger partial charge in [-0.1, -0.05) is 38.8 Å². The molecule has 2 atom stereocenters. The van der Waals surface area contributed by atoms with Gasteiger partial charge in [0, 0.05) is 45.7 Å². The van der Waals surface area contributed by atoms with Gasteiger partial charge in [-0.3, -0.25) is 19.3 Å². The molecule has 2 aliphatic rings. The summed E-state index contributed by atoms with van der Waals surface area (Å²) >= 11 is 0. The SMILES string of the molecule is CCCCNC(=O)CN1CCN(C(=O)C2CC(=O)N(CCCC)C2c2ccc(OC)cc2)CC1. The summed E-state index contributed by atoms with van der Waals surface area (Å²) in [6.45, 7) is 8.44. The minimum absolute atomic E-state index is 0.0419. The van der Waals surface area contributed by atoms with E-state index in [9.17, 15) is 14.4 Å². The van der Waals surface area contributed by atoms with E-state index in [0.29, 0.717) is 45.8 Å². The van der Waals surface area contributed by atoms with E-state index in [0.717, 1.165) is 37.0 Å². The Morgan fingerprint density at radius 2 is 1.71 bits per heavy atom. The zero-order valence-corrected chi connectivity index (χ0v) is 20.9. The zero-order chi connectivity index (χ0) is 24.5. The van der Waals surface area contributed by atoms with Crippen molar-refractivity contribution in [2.24, 2.45) is 5.92 Å². The van der Waals surface area contributed by atoms with Gasteiger partial charge in [0.05, 0.1) is 25.6 Å². The molecule has 188 valence electrons. The fraction of sp³-hybridized carbons (Fsp3) is 0.654. The second kappa shape index (κ2) is 12.7. The van der Waals surface area contributed by atoms with Crippen LogP contribution in [0.3, 0.4) is 0 Å². The molecule has 0 bridgehead atoms. The van der Waals surface area contributed by atoms with Gasteiger partial charge >= 0.3 is 0 Å². The first-order chi connectivity index (χ1) is 16.5. The molecule has 8 nitrogen and oxygen atoms in total. The molecule has 2 fully saturated rings. The second-order valence-corrected chi connectivity index (χ2v) is 9.27. The summed E-state index contributed by atoms with van der Waals surface area (Å²) in [5.74, 6) is 0.503. The Labute approximate surface area is 203 Å². The molecule has 2 saturated heterocycles. The highest BCUT2D eigenvalue weighted by molar-refractivity contribution is 5.90. The monoisotopic (exact) mass is 472 g/mol. The molecule has 2 heterocycles. The van der Waals surface area contributed by atoms with Gasteiger partial charge in [-0.05, 0) is 30.5 Å². The van der Waals surface area contributed by atoms with E-state index in [-0.39, 0.29) is 36.1 Å². The first kappa shape index (κ1) is 26.0. The van der Waals surface area contributed by atoms with Crippen LogP contribution < -0.4 is 10.1 Å². The smallest absolute Gasteiger partial charge is 0.234 e. The van der Waals surface area contributed by atoms with Crippen molar-refractivity contribution in [3.8, 4) is 5.75 Å². The summed E-state index contributed by atoms with van der Waals surface area (Å²) in [6, 6.07) is 7.47. The van der Waals surface area contributed by atoms with E-state index in [1.54, 1.807) is 7.11 Å². The van der Waals surface area contributed by atoms with Crippen LogP contribution in [-0.4, -0.2) is 85.3 Å². The number of hydrogen-bond acceptors (Lipinski definition) is 5. The van der Waals surface area contributed by atoms with E-state index >= 15 is 0 Å². The molecule has 0 radical (unpaired) electrons. The Hall–Kier alpha value is -2.61. The molecule has 8 heteroatoms. The minimum Gasteiger partial charge on any atom is -0.497 e. The predicted octanol–water partition coefficient (Wildman–Crippen LogP) is 2.45. The lowest BCUT2D eigenvalue weighted by molar-refractivity contribution is -0.138. The Bertz CT molecular complexity index is 821. The topological polar surface area (TPSA) is 82.2 Å². The summed E-state index contributed by atoms with van der Waals surface area (Å²) in [5.41, 5.74) is 0.975. The van der Waals surface area contributed by atoms with Crippen molar-refractivity contribution in [2.75, 3.05) is 52.9 Å². The molecule has 0 saturated carbocycles. The van der Waals surface area contributed by atoms with E-state index in [2.05, 4.69) is 24.1 Å². The van der Waals surface area contributed by atoms with Crippen molar-refractivity contribution >= 4 is 17.7 Å². The highest BCUT2D eigenvalue weighted by Gasteiger charge is 2.45. The fourth-order valence-corrected chi connectivity index (χ4v) is 4.84. The maximum atomic E-state index is 13.6. The van der Waals surface area contributed by atoms with Crippen molar-refractivity contribution in [2.45, 2.75) is 52.0 Å². The van der Waals surface area contributed by atoms with Crippen LogP contribution in [-0.2, 0) is 14.4 Å². The van der Waals surface area contributed by atoms with Crippen LogP contribution in [0.1, 0.15) is 57.6 Å². The van der Waals surface area contributed by atoms with Crippen molar-refractivity contribution in [1.82, 2.24) is 20.0 Å². The number of benzene rings is 1. The molecule has 3 amide bonds. The van der Waals surface area contributed by atoms with Crippen LogP contribution in [0.15, 0.2) is 24.3 Å². The van der Waals surface area contributed by atoms with Crippen molar-refractivity contribution < 1.29 is 19.1 Å². The maximum absolute atomic E-state index is 13.6. The summed E-state index contributed by atoms with van der Waals surface area (Å²) in [5, 5.41) is 2.96. The van der Waals surface area contributed by atoms with E-state index in [1.807, 2.05) is 34.1 Å². The highest BCUT2D eigenvalue weighted by Crippen LogP contribution is 2.40. The predicted molar refractivity (Wildman–Crippen MR) is 131 cm³/mol. The Morgan fingerprint density at radius 3 is 2.32 bits per heavy atom. The molecule has 1 N–H and O–H groups in total. The summed E-state index contributed by atoms with van der Waals surface area (Å²) in [4.78, 5) is 44.5. The molecule has 0 aliphatic carbocycles. The van der Waals surface area contributed by atoms with Gasteiger partial charge in [0.25, 0.3) is 0 Å². The number of rotatable bonds is 11. The fourth-order valence-electron chi connectivity index (χ4n) is 4.84. The largest absolute Gasteiger partial charge is 0.497 e. The molecule has 34 heavy (non-hydrogen) atoms. The van der Waals surface area contributed by atoms with Gasteiger partial charge in [0.15, 0.2) is 0 Å². The summed E-state index contributed by atoms with van der Waals surface area (Å²) in [6.07, 6.45) is 4.19. The third-order valence-electron chi connectivity index (χ3n) is 6.86. The van der Waals surface area contributed by atoms with Gasteiger partial charge in [0.2, 0.25) is 17.7 Å². The number of unbranched alkanes of at least 4 members (excludes halogenated alkanes) is 2. The van der Waals surface area contributed by atoms with Crippen LogP contribution in [0.4, 0.5) is 0 Å². The lowest BCUT2D eigenvalue weighted by Crippen LogP contribution is -2.52. The second-order valence-electron chi connectivity index (χ2n) is 9.27. The lowest BCUT2D eigenvalue weighted by Gasteiger charge is -2.37. The first-order valence-corrected chi connectivity index (χ1v) is 12.7.